The van der Waals surface area contributed by atoms with Crippen molar-refractivity contribution in [2.45, 2.75) is 82.6 Å². The number of nitrogens with one attached hydrogen (secondary N) is 2. The van der Waals surface area contributed by atoms with E-state index < -0.39 is 43.2 Å². The maximum absolute atomic E-state index is 12.7. The molecule has 0 aromatic carbocycles. The number of carbonyl (C=O) groups excluding carboxylic acids is 1. The highest BCUT2D eigenvalue weighted by Crippen LogP contribution is 2.26. The van der Waals surface area contributed by atoms with Gasteiger partial charge in [-0.05, 0) is 31.2 Å². The third kappa shape index (κ3) is 4.74. The van der Waals surface area contributed by atoms with Crippen LogP contribution in [0.5, 0.6) is 0 Å². The van der Waals surface area contributed by atoms with E-state index in [9.17, 15) is 25.2 Å². The zero-order chi connectivity index (χ0) is 19.4. The van der Waals surface area contributed by atoms with Gasteiger partial charge in [0, 0.05) is 0 Å². The van der Waals surface area contributed by atoms with Crippen LogP contribution in [0.4, 0.5) is 0 Å². The van der Waals surface area contributed by atoms with Crippen LogP contribution in [0.25, 0.3) is 0 Å². The third-order valence-corrected chi connectivity index (χ3v) is 5.55. The lowest BCUT2D eigenvalue weighted by Gasteiger charge is -2.44. The number of amides is 1. The fraction of sp³-hybridized carbons (Fsp3) is 0.944. The van der Waals surface area contributed by atoms with Crippen molar-refractivity contribution in [1.29, 1.82) is 0 Å². The summed E-state index contributed by atoms with van der Waals surface area (Å²) in [5.74, 6) is 0.257. The molecule has 8 nitrogen and oxygen atoms in total. The molecule has 0 radical (unpaired) electrons. The largest absolute Gasteiger partial charge is 0.394 e. The summed E-state index contributed by atoms with van der Waals surface area (Å²) < 4.78 is 5.63. The second-order valence-corrected chi connectivity index (χ2v) is 7.92. The Balaban J connectivity index is 2.05. The molecule has 0 aromatic heterocycles. The van der Waals surface area contributed by atoms with Crippen LogP contribution in [-0.4, -0.2) is 82.1 Å². The highest BCUT2D eigenvalue weighted by molar-refractivity contribution is 5.82. The number of aliphatic hydroxyl groups excluding tert-OH is 4. The van der Waals surface area contributed by atoms with Crippen LogP contribution >= 0.6 is 0 Å². The SMILES string of the molecule is CCC[C@@H]1CN[C@H](C(=O)N[C@H](C(C)C)[C@H]2O[C@H](CO)[C@H](O)[C@@H](O)[C@H]2O)C1. The predicted molar refractivity (Wildman–Crippen MR) is 95.3 cm³/mol. The molecule has 0 unspecified atom stereocenters. The van der Waals surface area contributed by atoms with Crippen molar-refractivity contribution in [2.75, 3.05) is 13.2 Å². The van der Waals surface area contributed by atoms with Crippen molar-refractivity contribution in [3.05, 3.63) is 0 Å². The molecule has 2 saturated heterocycles. The van der Waals surface area contributed by atoms with Gasteiger partial charge in [-0.3, -0.25) is 4.79 Å². The predicted octanol–water partition coefficient (Wildman–Crippen LogP) is -1.25. The number of hydrogen-bond acceptors (Lipinski definition) is 7. The Morgan fingerprint density at radius 2 is 1.92 bits per heavy atom. The van der Waals surface area contributed by atoms with E-state index in [4.69, 9.17) is 4.74 Å². The molecule has 8 atom stereocenters. The zero-order valence-corrected chi connectivity index (χ0v) is 15.8. The molecule has 8 heteroatoms. The molecule has 0 saturated carbocycles. The summed E-state index contributed by atoms with van der Waals surface area (Å²) in [6, 6.07) is -0.835. The first-order valence-corrected chi connectivity index (χ1v) is 9.64. The average Bonchev–Trinajstić information content (AvgIpc) is 3.07. The minimum Gasteiger partial charge on any atom is -0.394 e. The van der Waals surface area contributed by atoms with Gasteiger partial charge in [0.2, 0.25) is 5.91 Å². The smallest absolute Gasteiger partial charge is 0.237 e. The molecule has 2 aliphatic heterocycles. The van der Waals surface area contributed by atoms with Gasteiger partial charge in [0.15, 0.2) is 0 Å². The highest BCUT2D eigenvalue weighted by atomic mass is 16.5. The molecule has 2 fully saturated rings. The Bertz CT molecular complexity index is 461. The number of rotatable bonds is 7. The Morgan fingerprint density at radius 1 is 1.23 bits per heavy atom. The van der Waals surface area contributed by atoms with E-state index in [1.165, 1.54) is 0 Å². The number of aliphatic hydroxyl groups is 4. The monoisotopic (exact) mass is 374 g/mol. The third-order valence-electron chi connectivity index (χ3n) is 5.55. The van der Waals surface area contributed by atoms with Crippen LogP contribution in [0.2, 0.25) is 0 Å². The topological polar surface area (TPSA) is 131 Å². The molecular formula is C18H34N2O6. The Kier molecular flexibility index (Phi) is 7.81. The van der Waals surface area contributed by atoms with Gasteiger partial charge in [-0.2, -0.15) is 0 Å². The second kappa shape index (κ2) is 9.43. The standard InChI is InChI=1S/C18H34N2O6/c1-4-5-10-6-11(19-7-10)18(25)20-13(9(2)3)17-16(24)15(23)14(22)12(8-21)26-17/h9-17,19,21-24H,4-8H2,1-3H3,(H,20,25)/t10-,11-,12+,13+,14-,15+,16+,17+/m0/s1. The van der Waals surface area contributed by atoms with Crippen LogP contribution < -0.4 is 10.6 Å². The normalized spacial score (nSPS) is 39.2. The Morgan fingerprint density at radius 3 is 2.50 bits per heavy atom. The first-order chi connectivity index (χ1) is 12.3. The molecule has 2 rings (SSSR count). The van der Waals surface area contributed by atoms with Gasteiger partial charge >= 0.3 is 0 Å². The Labute approximate surface area is 154 Å². The summed E-state index contributed by atoms with van der Waals surface area (Å²) in [5.41, 5.74) is 0. The number of ether oxygens (including phenoxy) is 1. The summed E-state index contributed by atoms with van der Waals surface area (Å²) in [7, 11) is 0. The summed E-state index contributed by atoms with van der Waals surface area (Å²) in [6.07, 6.45) is -3.15. The zero-order valence-electron chi connectivity index (χ0n) is 15.8. The van der Waals surface area contributed by atoms with Crippen LogP contribution in [0.3, 0.4) is 0 Å². The van der Waals surface area contributed by atoms with E-state index in [0.717, 1.165) is 25.8 Å². The molecule has 1 amide bonds. The highest BCUT2D eigenvalue weighted by Gasteiger charge is 2.47. The van der Waals surface area contributed by atoms with Gasteiger partial charge < -0.3 is 35.8 Å². The minimum atomic E-state index is -1.44. The van der Waals surface area contributed by atoms with Crippen LogP contribution in [-0.2, 0) is 9.53 Å². The van der Waals surface area contributed by atoms with Gasteiger partial charge in [0.25, 0.3) is 0 Å². The summed E-state index contributed by atoms with van der Waals surface area (Å²) in [5, 5.41) is 45.9. The maximum Gasteiger partial charge on any atom is 0.237 e. The van der Waals surface area contributed by atoms with E-state index in [-0.39, 0.29) is 17.9 Å². The van der Waals surface area contributed by atoms with E-state index in [0.29, 0.717) is 5.92 Å². The second-order valence-electron chi connectivity index (χ2n) is 7.92. The molecular weight excluding hydrogens is 340 g/mol. The van der Waals surface area contributed by atoms with Crippen LogP contribution in [0.1, 0.15) is 40.0 Å². The van der Waals surface area contributed by atoms with Crippen molar-refractivity contribution in [2.24, 2.45) is 11.8 Å². The number of hydrogen-bond donors (Lipinski definition) is 6. The lowest BCUT2D eigenvalue weighted by Crippen LogP contribution is -2.65. The quantitative estimate of drug-likeness (QED) is 0.328. The van der Waals surface area contributed by atoms with E-state index in [1.54, 1.807) is 0 Å². The van der Waals surface area contributed by atoms with Gasteiger partial charge in [-0.25, -0.2) is 0 Å². The lowest BCUT2D eigenvalue weighted by molar-refractivity contribution is -0.237. The Hall–Kier alpha value is -0.770. The van der Waals surface area contributed by atoms with Gasteiger partial charge in [0.1, 0.15) is 30.5 Å². The molecule has 0 spiro atoms. The van der Waals surface area contributed by atoms with E-state index in [2.05, 4.69) is 17.6 Å². The molecule has 0 aromatic rings. The van der Waals surface area contributed by atoms with Crippen molar-refractivity contribution in [3.8, 4) is 0 Å². The van der Waals surface area contributed by atoms with Crippen molar-refractivity contribution in [1.82, 2.24) is 10.6 Å². The number of carbonyl (C=O) groups is 1. The molecule has 2 heterocycles. The first-order valence-electron chi connectivity index (χ1n) is 9.64. The lowest BCUT2D eigenvalue weighted by atomic mass is 9.86. The fourth-order valence-corrected chi connectivity index (χ4v) is 3.96. The summed E-state index contributed by atoms with van der Waals surface area (Å²) in [6.45, 7) is 6.23. The molecule has 26 heavy (non-hydrogen) atoms. The first kappa shape index (κ1) is 21.5. The van der Waals surface area contributed by atoms with Gasteiger partial charge in [-0.15, -0.1) is 0 Å². The molecule has 2 aliphatic rings. The summed E-state index contributed by atoms with van der Waals surface area (Å²) >= 11 is 0. The van der Waals surface area contributed by atoms with Crippen molar-refractivity contribution < 1.29 is 30.0 Å². The average molecular weight is 374 g/mol. The molecule has 152 valence electrons. The van der Waals surface area contributed by atoms with E-state index >= 15 is 0 Å². The van der Waals surface area contributed by atoms with Crippen molar-refractivity contribution >= 4 is 5.91 Å². The molecule has 0 aliphatic carbocycles. The van der Waals surface area contributed by atoms with Crippen LogP contribution in [0.15, 0.2) is 0 Å². The van der Waals surface area contributed by atoms with Gasteiger partial charge in [-0.1, -0.05) is 27.2 Å². The molecule has 0 bridgehead atoms. The summed E-state index contributed by atoms with van der Waals surface area (Å²) in [4.78, 5) is 12.7. The minimum absolute atomic E-state index is 0.0757. The van der Waals surface area contributed by atoms with Gasteiger partial charge in [0.05, 0.1) is 18.7 Å². The molecule has 6 N–H and O–H groups in total. The van der Waals surface area contributed by atoms with Crippen molar-refractivity contribution in [3.63, 3.8) is 0 Å². The van der Waals surface area contributed by atoms with E-state index in [1.807, 2.05) is 13.8 Å². The van der Waals surface area contributed by atoms with Crippen LogP contribution in [0, 0.1) is 11.8 Å². The maximum atomic E-state index is 12.7. The fourth-order valence-electron chi connectivity index (χ4n) is 3.96.